The summed E-state index contributed by atoms with van der Waals surface area (Å²) in [4.78, 5) is 29.3. The average Bonchev–Trinajstić information content (AvgIpc) is 2.74. The lowest BCUT2D eigenvalue weighted by Crippen LogP contribution is -2.48. The molecule has 2 heterocycles. The highest BCUT2D eigenvalue weighted by Crippen LogP contribution is 2.29. The van der Waals surface area contributed by atoms with E-state index in [9.17, 15) is 14.7 Å². The number of carbonyl (C=O) groups is 2. The quantitative estimate of drug-likeness (QED) is 0.881. The number of thiazole rings is 1. The molecule has 0 aliphatic carbocycles. The minimum absolute atomic E-state index is 0.144. The van der Waals surface area contributed by atoms with Crippen molar-refractivity contribution in [3.63, 3.8) is 0 Å². The van der Waals surface area contributed by atoms with E-state index in [1.165, 1.54) is 11.3 Å². The summed E-state index contributed by atoms with van der Waals surface area (Å²) < 4.78 is 0. The van der Waals surface area contributed by atoms with Crippen molar-refractivity contribution in [2.75, 3.05) is 25.0 Å². The van der Waals surface area contributed by atoms with Crippen LogP contribution in [0.2, 0.25) is 0 Å². The van der Waals surface area contributed by atoms with Gasteiger partial charge in [0.2, 0.25) is 5.91 Å². The van der Waals surface area contributed by atoms with Crippen molar-refractivity contribution in [3.05, 3.63) is 11.1 Å². The number of anilines is 1. The van der Waals surface area contributed by atoms with E-state index in [4.69, 9.17) is 0 Å². The summed E-state index contributed by atoms with van der Waals surface area (Å²) in [5.41, 5.74) is 0.123. The van der Waals surface area contributed by atoms with Gasteiger partial charge in [-0.25, -0.2) is 4.98 Å². The fourth-order valence-corrected chi connectivity index (χ4v) is 3.13. The molecule has 1 aliphatic rings. The van der Waals surface area contributed by atoms with Crippen LogP contribution in [0.5, 0.6) is 0 Å². The van der Waals surface area contributed by atoms with Crippen molar-refractivity contribution in [1.29, 1.82) is 0 Å². The van der Waals surface area contributed by atoms with Crippen LogP contribution in [0.3, 0.4) is 0 Å². The van der Waals surface area contributed by atoms with E-state index in [-0.39, 0.29) is 12.5 Å². The van der Waals surface area contributed by atoms with Gasteiger partial charge in [0.15, 0.2) is 5.13 Å². The van der Waals surface area contributed by atoms with Crippen molar-refractivity contribution in [2.45, 2.75) is 26.7 Å². The lowest BCUT2D eigenvalue weighted by molar-refractivity contribution is -0.151. The van der Waals surface area contributed by atoms with E-state index in [0.717, 1.165) is 18.7 Å². The Morgan fingerprint density at radius 3 is 2.95 bits per heavy atom. The number of carbonyl (C=O) groups excluding carboxylic acids is 1. The highest BCUT2D eigenvalue weighted by Gasteiger charge is 2.38. The molecule has 20 heavy (non-hydrogen) atoms. The second-order valence-electron chi connectivity index (χ2n) is 5.52. The van der Waals surface area contributed by atoms with Gasteiger partial charge in [0.05, 0.1) is 17.7 Å². The number of hydrogen-bond acceptors (Lipinski definition) is 5. The molecule has 1 amide bonds. The van der Waals surface area contributed by atoms with Gasteiger partial charge in [-0.3, -0.25) is 14.5 Å². The molecule has 0 radical (unpaired) electrons. The van der Waals surface area contributed by atoms with Gasteiger partial charge in [-0.2, -0.15) is 0 Å². The van der Waals surface area contributed by atoms with Gasteiger partial charge >= 0.3 is 5.97 Å². The zero-order valence-electron chi connectivity index (χ0n) is 11.7. The summed E-state index contributed by atoms with van der Waals surface area (Å²) in [7, 11) is 0. The van der Waals surface area contributed by atoms with Crippen molar-refractivity contribution < 1.29 is 14.7 Å². The molecule has 0 spiro atoms. The van der Waals surface area contributed by atoms with E-state index in [1.807, 2.05) is 17.2 Å². The van der Waals surface area contributed by atoms with Gasteiger partial charge in [0, 0.05) is 11.9 Å². The van der Waals surface area contributed by atoms with E-state index < -0.39 is 11.4 Å². The lowest BCUT2D eigenvalue weighted by Gasteiger charge is -2.36. The smallest absolute Gasteiger partial charge is 0.310 e. The van der Waals surface area contributed by atoms with Crippen LogP contribution < -0.4 is 5.32 Å². The first-order valence-electron chi connectivity index (χ1n) is 6.57. The number of likely N-dealkylation sites (tertiary alicyclic amines) is 1. The Kier molecular flexibility index (Phi) is 4.39. The first-order chi connectivity index (χ1) is 9.39. The Balaban J connectivity index is 1.89. The number of nitrogens with zero attached hydrogens (tertiary/aromatic N) is 2. The fourth-order valence-electron chi connectivity index (χ4n) is 2.43. The Hall–Kier alpha value is -1.47. The summed E-state index contributed by atoms with van der Waals surface area (Å²) in [5, 5.41) is 14.5. The molecule has 1 aromatic rings. The molecule has 1 saturated heterocycles. The molecule has 0 aromatic carbocycles. The van der Waals surface area contributed by atoms with Gasteiger partial charge in [-0.15, -0.1) is 11.3 Å². The molecule has 1 unspecified atom stereocenters. The Bertz CT molecular complexity index is 517. The number of amides is 1. The van der Waals surface area contributed by atoms with Crippen LogP contribution in [0.25, 0.3) is 0 Å². The summed E-state index contributed by atoms with van der Waals surface area (Å²) >= 11 is 1.39. The van der Waals surface area contributed by atoms with Gasteiger partial charge in [0.25, 0.3) is 0 Å². The first-order valence-corrected chi connectivity index (χ1v) is 7.45. The number of carboxylic acid groups (broad SMARTS) is 1. The summed E-state index contributed by atoms with van der Waals surface area (Å²) in [6.07, 6.45) is 1.46. The molecule has 1 atom stereocenters. The average molecular weight is 297 g/mol. The molecule has 7 heteroatoms. The largest absolute Gasteiger partial charge is 0.481 e. The van der Waals surface area contributed by atoms with Gasteiger partial charge in [-0.1, -0.05) is 0 Å². The predicted octanol–water partition coefficient (Wildman–Crippen LogP) is 1.58. The molecule has 6 nitrogen and oxygen atoms in total. The number of aliphatic carboxylic acids is 1. The van der Waals surface area contributed by atoms with Crippen LogP contribution in [-0.4, -0.2) is 46.5 Å². The fraction of sp³-hybridized carbons (Fsp3) is 0.615. The highest BCUT2D eigenvalue weighted by molar-refractivity contribution is 7.13. The third kappa shape index (κ3) is 3.55. The normalized spacial score (nSPS) is 23.5. The van der Waals surface area contributed by atoms with Crippen LogP contribution in [0.1, 0.15) is 25.5 Å². The van der Waals surface area contributed by atoms with Gasteiger partial charge < -0.3 is 10.4 Å². The Morgan fingerprint density at radius 1 is 1.60 bits per heavy atom. The first kappa shape index (κ1) is 14.9. The third-order valence-electron chi connectivity index (χ3n) is 3.52. The number of aromatic nitrogens is 1. The lowest BCUT2D eigenvalue weighted by atomic mass is 9.82. The minimum Gasteiger partial charge on any atom is -0.481 e. The molecular weight excluding hydrogens is 278 g/mol. The van der Waals surface area contributed by atoms with Crippen molar-refractivity contribution in [1.82, 2.24) is 9.88 Å². The van der Waals surface area contributed by atoms with Crippen LogP contribution in [0, 0.1) is 12.3 Å². The summed E-state index contributed by atoms with van der Waals surface area (Å²) in [6.45, 7) is 4.99. The number of nitrogens with one attached hydrogen (secondary N) is 1. The second kappa shape index (κ2) is 5.88. The second-order valence-corrected chi connectivity index (χ2v) is 6.38. The maximum Gasteiger partial charge on any atom is 0.310 e. The summed E-state index contributed by atoms with van der Waals surface area (Å²) in [6, 6.07) is 0. The molecule has 2 N–H and O–H groups in total. The number of carboxylic acids is 1. The number of rotatable bonds is 4. The van der Waals surface area contributed by atoms with Crippen LogP contribution in [-0.2, 0) is 9.59 Å². The molecule has 0 saturated carbocycles. The van der Waals surface area contributed by atoms with Crippen LogP contribution >= 0.6 is 11.3 Å². The minimum atomic E-state index is -0.793. The topological polar surface area (TPSA) is 82.5 Å². The van der Waals surface area contributed by atoms with Crippen LogP contribution in [0.4, 0.5) is 5.13 Å². The number of aryl methyl sites for hydroxylation is 1. The van der Waals surface area contributed by atoms with Gasteiger partial charge in [-0.05, 0) is 33.2 Å². The van der Waals surface area contributed by atoms with Crippen molar-refractivity contribution in [2.24, 2.45) is 5.41 Å². The molecule has 2 rings (SSSR count). The Labute approximate surface area is 121 Å². The molecule has 1 aromatic heterocycles. The predicted molar refractivity (Wildman–Crippen MR) is 76.9 cm³/mol. The Morgan fingerprint density at radius 2 is 2.35 bits per heavy atom. The summed E-state index contributed by atoms with van der Waals surface area (Å²) in [5.74, 6) is -0.938. The molecule has 1 aliphatic heterocycles. The molecule has 1 fully saturated rings. The van der Waals surface area contributed by atoms with E-state index >= 15 is 0 Å². The third-order valence-corrected chi connectivity index (χ3v) is 4.40. The number of piperidine rings is 1. The van der Waals surface area contributed by atoms with Gasteiger partial charge in [0.1, 0.15) is 0 Å². The van der Waals surface area contributed by atoms with Crippen molar-refractivity contribution in [3.8, 4) is 0 Å². The zero-order valence-corrected chi connectivity index (χ0v) is 12.5. The standard InChI is InChI=1S/C13H19N3O3S/c1-9-7-20-12(14-9)15-10(17)6-16-5-3-4-13(2,8-16)11(18)19/h7H,3-6,8H2,1-2H3,(H,18,19)(H,14,15,17). The molecule has 110 valence electrons. The molecular formula is C13H19N3O3S. The van der Waals surface area contributed by atoms with Crippen LogP contribution in [0.15, 0.2) is 5.38 Å². The van der Waals surface area contributed by atoms with Crippen molar-refractivity contribution >= 4 is 28.3 Å². The maximum absolute atomic E-state index is 11.9. The molecule has 0 bridgehead atoms. The van der Waals surface area contributed by atoms with E-state index in [0.29, 0.717) is 18.1 Å². The maximum atomic E-state index is 11.9. The van der Waals surface area contributed by atoms with E-state index in [2.05, 4.69) is 10.3 Å². The monoisotopic (exact) mass is 297 g/mol. The highest BCUT2D eigenvalue weighted by atomic mass is 32.1. The number of hydrogen-bond donors (Lipinski definition) is 2. The zero-order chi connectivity index (χ0) is 14.8. The van der Waals surface area contributed by atoms with E-state index in [1.54, 1.807) is 6.92 Å². The SMILES string of the molecule is Cc1csc(NC(=O)CN2CCCC(C)(C(=O)O)C2)n1.